The first-order chi connectivity index (χ1) is 8.54. The zero-order chi connectivity index (χ0) is 12.9. The van der Waals surface area contributed by atoms with Gasteiger partial charge in [0, 0.05) is 26.1 Å². The van der Waals surface area contributed by atoms with E-state index in [0.29, 0.717) is 37.8 Å². The van der Waals surface area contributed by atoms with Crippen LogP contribution in [-0.4, -0.2) is 52.2 Å². The van der Waals surface area contributed by atoms with Crippen LogP contribution >= 0.6 is 0 Å². The van der Waals surface area contributed by atoms with Gasteiger partial charge in [-0.25, -0.2) is 4.79 Å². The summed E-state index contributed by atoms with van der Waals surface area (Å²) in [5, 5.41) is 0. The van der Waals surface area contributed by atoms with Crippen LogP contribution < -0.4 is 5.73 Å². The highest BCUT2D eigenvalue weighted by Gasteiger charge is 2.54. The van der Waals surface area contributed by atoms with Crippen molar-refractivity contribution in [3.05, 3.63) is 0 Å². The zero-order valence-corrected chi connectivity index (χ0v) is 10.6. The van der Waals surface area contributed by atoms with Crippen molar-refractivity contribution < 1.29 is 9.59 Å². The molecular formula is C12H18N4O2. The summed E-state index contributed by atoms with van der Waals surface area (Å²) in [7, 11) is 0. The standard InChI is InChI=1S/C12H18N4O2/c1-8(17)15-6-4-12(5-7-15)10(13)14-11(18)16(12)9-2-3-9/h9H,2-7H2,1H3,(H2,13,14,18). The largest absolute Gasteiger partial charge is 0.385 e. The first-order valence-electron chi connectivity index (χ1n) is 6.48. The van der Waals surface area contributed by atoms with Gasteiger partial charge >= 0.3 is 6.03 Å². The fourth-order valence-electron chi connectivity index (χ4n) is 3.09. The van der Waals surface area contributed by atoms with Crippen LogP contribution in [0, 0.1) is 0 Å². The molecule has 3 amide bonds. The summed E-state index contributed by atoms with van der Waals surface area (Å²) in [4.78, 5) is 30.9. The van der Waals surface area contributed by atoms with Crippen LogP contribution in [0.1, 0.15) is 32.6 Å². The number of piperidine rings is 1. The lowest BCUT2D eigenvalue weighted by atomic mass is 9.85. The number of amidine groups is 1. The molecule has 0 aromatic rings. The first kappa shape index (κ1) is 11.5. The third-order valence-electron chi connectivity index (χ3n) is 4.31. The average molecular weight is 250 g/mol. The van der Waals surface area contributed by atoms with Crippen molar-refractivity contribution in [2.75, 3.05) is 13.1 Å². The lowest BCUT2D eigenvalue weighted by Gasteiger charge is -2.44. The van der Waals surface area contributed by atoms with Gasteiger partial charge in [-0.1, -0.05) is 0 Å². The second-order valence-electron chi connectivity index (χ2n) is 5.42. The van der Waals surface area contributed by atoms with Crippen molar-refractivity contribution in [3.8, 4) is 0 Å². The zero-order valence-electron chi connectivity index (χ0n) is 10.6. The van der Waals surface area contributed by atoms with E-state index in [1.54, 1.807) is 6.92 Å². The normalized spacial score (nSPS) is 26.7. The van der Waals surface area contributed by atoms with Crippen LogP contribution in [0.3, 0.4) is 0 Å². The third-order valence-corrected chi connectivity index (χ3v) is 4.31. The molecule has 3 aliphatic rings. The molecule has 18 heavy (non-hydrogen) atoms. The van der Waals surface area contributed by atoms with Crippen molar-refractivity contribution in [3.63, 3.8) is 0 Å². The van der Waals surface area contributed by atoms with Gasteiger partial charge in [0.2, 0.25) is 5.91 Å². The first-order valence-corrected chi connectivity index (χ1v) is 6.48. The van der Waals surface area contributed by atoms with E-state index in [2.05, 4.69) is 4.99 Å². The molecular weight excluding hydrogens is 232 g/mol. The molecule has 6 nitrogen and oxygen atoms in total. The molecule has 3 rings (SSSR count). The molecule has 0 bridgehead atoms. The summed E-state index contributed by atoms with van der Waals surface area (Å²) >= 11 is 0. The van der Waals surface area contributed by atoms with Crippen molar-refractivity contribution in [2.24, 2.45) is 10.7 Å². The van der Waals surface area contributed by atoms with Crippen LogP contribution in [0.15, 0.2) is 4.99 Å². The summed E-state index contributed by atoms with van der Waals surface area (Å²) in [6.07, 6.45) is 3.52. The smallest absolute Gasteiger partial charge is 0.346 e. The number of nitrogens with zero attached hydrogens (tertiary/aromatic N) is 3. The lowest BCUT2D eigenvalue weighted by Crippen LogP contribution is -2.60. The summed E-state index contributed by atoms with van der Waals surface area (Å²) in [6.45, 7) is 2.89. The number of carbonyl (C=O) groups excluding carboxylic acids is 2. The van der Waals surface area contributed by atoms with E-state index in [9.17, 15) is 9.59 Å². The number of amides is 3. The van der Waals surface area contributed by atoms with E-state index in [1.165, 1.54) is 0 Å². The van der Waals surface area contributed by atoms with Gasteiger partial charge in [-0.3, -0.25) is 4.79 Å². The van der Waals surface area contributed by atoms with E-state index in [4.69, 9.17) is 5.73 Å². The van der Waals surface area contributed by atoms with Crippen molar-refractivity contribution >= 4 is 17.8 Å². The fourth-order valence-corrected chi connectivity index (χ4v) is 3.09. The van der Waals surface area contributed by atoms with Gasteiger partial charge in [0.1, 0.15) is 11.4 Å². The van der Waals surface area contributed by atoms with Crippen LogP contribution in [0.25, 0.3) is 0 Å². The second kappa shape index (κ2) is 3.70. The summed E-state index contributed by atoms with van der Waals surface area (Å²) < 4.78 is 0. The van der Waals surface area contributed by atoms with Gasteiger partial charge in [0.05, 0.1) is 0 Å². The number of carbonyl (C=O) groups is 2. The maximum Gasteiger partial charge on any atom is 0.346 e. The summed E-state index contributed by atoms with van der Waals surface area (Å²) in [5.74, 6) is 0.533. The average Bonchev–Trinajstić information content (AvgIpc) is 3.10. The molecule has 6 heteroatoms. The van der Waals surface area contributed by atoms with Gasteiger partial charge in [-0.05, 0) is 25.7 Å². The van der Waals surface area contributed by atoms with Gasteiger partial charge in [-0.15, -0.1) is 0 Å². The highest BCUT2D eigenvalue weighted by molar-refractivity contribution is 6.06. The molecule has 2 fully saturated rings. The Bertz CT molecular complexity index is 433. The molecule has 0 aromatic carbocycles. The van der Waals surface area contributed by atoms with E-state index in [0.717, 1.165) is 12.8 Å². The number of urea groups is 1. The predicted octanol–water partition coefficient (Wildman–Crippen LogP) is 0.323. The monoisotopic (exact) mass is 250 g/mol. The molecule has 0 radical (unpaired) electrons. The molecule has 2 aliphatic heterocycles. The van der Waals surface area contributed by atoms with Crippen molar-refractivity contribution in [1.82, 2.24) is 9.80 Å². The second-order valence-corrected chi connectivity index (χ2v) is 5.42. The highest BCUT2D eigenvalue weighted by Crippen LogP contribution is 2.41. The van der Waals surface area contributed by atoms with Gasteiger partial charge in [0.15, 0.2) is 0 Å². The third kappa shape index (κ3) is 1.51. The molecule has 1 saturated carbocycles. The Labute approximate surface area is 106 Å². The number of hydrogen-bond acceptors (Lipinski definition) is 3. The fraction of sp³-hybridized carbons (Fsp3) is 0.750. The molecule has 0 atom stereocenters. The van der Waals surface area contributed by atoms with Crippen LogP contribution in [0.5, 0.6) is 0 Å². The van der Waals surface area contributed by atoms with Crippen LogP contribution in [-0.2, 0) is 4.79 Å². The molecule has 2 heterocycles. The molecule has 98 valence electrons. The van der Waals surface area contributed by atoms with Gasteiger partial charge < -0.3 is 15.5 Å². The van der Waals surface area contributed by atoms with E-state index in [1.807, 2.05) is 9.80 Å². The van der Waals surface area contributed by atoms with E-state index < -0.39 is 5.54 Å². The maximum atomic E-state index is 11.9. The van der Waals surface area contributed by atoms with Crippen molar-refractivity contribution in [1.29, 1.82) is 0 Å². The predicted molar refractivity (Wildman–Crippen MR) is 66.1 cm³/mol. The van der Waals surface area contributed by atoms with E-state index >= 15 is 0 Å². The lowest BCUT2D eigenvalue weighted by molar-refractivity contribution is -0.130. The summed E-state index contributed by atoms with van der Waals surface area (Å²) in [5.41, 5.74) is 5.58. The molecule has 0 aromatic heterocycles. The Morgan fingerprint density at radius 2 is 2.00 bits per heavy atom. The number of hydrogen-bond donors (Lipinski definition) is 1. The molecule has 2 N–H and O–H groups in total. The summed E-state index contributed by atoms with van der Waals surface area (Å²) in [6, 6.07) is 0.123. The Balaban J connectivity index is 1.83. The number of aliphatic imine (C=N–C) groups is 1. The highest BCUT2D eigenvalue weighted by atomic mass is 16.2. The van der Waals surface area contributed by atoms with Crippen LogP contribution in [0.2, 0.25) is 0 Å². The molecule has 1 aliphatic carbocycles. The molecule has 1 saturated heterocycles. The topological polar surface area (TPSA) is 79.0 Å². The quantitative estimate of drug-likeness (QED) is 0.728. The SMILES string of the molecule is CC(=O)N1CCC2(CC1)C(N)=NC(=O)N2C1CC1. The Morgan fingerprint density at radius 3 is 2.50 bits per heavy atom. The number of rotatable bonds is 1. The Kier molecular flexibility index (Phi) is 2.36. The Morgan fingerprint density at radius 1 is 1.39 bits per heavy atom. The maximum absolute atomic E-state index is 11.9. The molecule has 1 spiro atoms. The number of likely N-dealkylation sites (tertiary alicyclic amines) is 1. The Hall–Kier alpha value is -1.59. The van der Waals surface area contributed by atoms with Crippen molar-refractivity contribution in [2.45, 2.75) is 44.2 Å². The van der Waals surface area contributed by atoms with E-state index in [-0.39, 0.29) is 11.9 Å². The minimum Gasteiger partial charge on any atom is -0.385 e. The molecule has 0 unspecified atom stereocenters. The van der Waals surface area contributed by atoms with Crippen LogP contribution in [0.4, 0.5) is 4.79 Å². The minimum absolute atomic E-state index is 0.0858. The van der Waals surface area contributed by atoms with Gasteiger partial charge in [-0.2, -0.15) is 4.99 Å². The minimum atomic E-state index is -0.413. The number of nitrogens with two attached hydrogens (primary N) is 1. The van der Waals surface area contributed by atoms with Gasteiger partial charge in [0.25, 0.3) is 0 Å².